The number of hydrogen-bond acceptors (Lipinski definition) is 4. The predicted octanol–water partition coefficient (Wildman–Crippen LogP) is 1.51. The molecule has 146 valence electrons. The fourth-order valence-electron chi connectivity index (χ4n) is 3.13. The van der Waals surface area contributed by atoms with E-state index in [1.165, 1.54) is 26.2 Å². The third kappa shape index (κ3) is 5.63. The number of esters is 1. The molecule has 0 saturated heterocycles. The highest BCUT2D eigenvalue weighted by Gasteiger charge is 2.20. The summed E-state index contributed by atoms with van der Waals surface area (Å²) in [6, 6.07) is 7.67. The Kier molecular flexibility index (Phi) is 10.0. The van der Waals surface area contributed by atoms with Gasteiger partial charge in [0.2, 0.25) is 5.76 Å². The minimum absolute atomic E-state index is 0. The standard InChI is InChI=1S/C20H30NO3S.HI/c1-5-21(6-2,7-3)12-14-25-15-13-23-20(22)19-16(4)17-10-8-9-11-18(17)24-19;/h8-11H,5-7,12-15H2,1-4H3;1H/q+1;/p-1. The van der Waals surface area contributed by atoms with Crippen molar-refractivity contribution in [3.05, 3.63) is 35.6 Å². The smallest absolute Gasteiger partial charge is 0.374 e. The Hall–Kier alpha value is -0.730. The molecule has 0 aliphatic heterocycles. The van der Waals surface area contributed by atoms with E-state index in [0.29, 0.717) is 12.4 Å². The molecule has 0 atom stereocenters. The molecule has 0 bridgehead atoms. The number of rotatable bonds is 10. The molecule has 0 aliphatic rings. The number of furan rings is 1. The molecule has 4 nitrogen and oxygen atoms in total. The van der Waals surface area contributed by atoms with Gasteiger partial charge in [-0.05, 0) is 33.8 Å². The van der Waals surface area contributed by atoms with E-state index in [-0.39, 0.29) is 29.9 Å². The van der Waals surface area contributed by atoms with Gasteiger partial charge in [-0.2, -0.15) is 11.8 Å². The number of nitrogens with zero attached hydrogens (tertiary/aromatic N) is 1. The van der Waals surface area contributed by atoms with Crippen LogP contribution >= 0.6 is 11.8 Å². The Morgan fingerprint density at radius 1 is 1.12 bits per heavy atom. The zero-order valence-corrected chi connectivity index (χ0v) is 19.2. The summed E-state index contributed by atoms with van der Waals surface area (Å²) in [7, 11) is 0. The number of aryl methyl sites for hydroxylation is 1. The normalized spacial score (nSPS) is 11.4. The largest absolute Gasteiger partial charge is 1.00 e. The van der Waals surface area contributed by atoms with E-state index in [1.807, 2.05) is 43.0 Å². The maximum Gasteiger partial charge on any atom is 0.374 e. The van der Waals surface area contributed by atoms with Crippen LogP contribution in [0.2, 0.25) is 0 Å². The lowest BCUT2D eigenvalue weighted by molar-refractivity contribution is -0.920. The zero-order valence-electron chi connectivity index (χ0n) is 16.2. The van der Waals surface area contributed by atoms with Crippen molar-refractivity contribution in [2.24, 2.45) is 0 Å². The number of fused-ring (bicyclic) bond motifs is 1. The molecule has 0 fully saturated rings. The average molecular weight is 491 g/mol. The Labute approximate surface area is 178 Å². The highest BCUT2D eigenvalue weighted by Crippen LogP contribution is 2.25. The van der Waals surface area contributed by atoms with Crippen LogP contribution < -0.4 is 24.0 Å². The van der Waals surface area contributed by atoms with Crippen molar-refractivity contribution in [1.82, 2.24) is 0 Å². The van der Waals surface area contributed by atoms with Crippen LogP contribution in [0.4, 0.5) is 0 Å². The molecule has 2 rings (SSSR count). The van der Waals surface area contributed by atoms with Gasteiger partial charge in [0.1, 0.15) is 12.2 Å². The Balaban J connectivity index is 0.00000338. The van der Waals surface area contributed by atoms with Crippen LogP contribution in [-0.2, 0) is 4.74 Å². The third-order valence-electron chi connectivity index (χ3n) is 5.21. The first-order chi connectivity index (χ1) is 12.1. The first kappa shape index (κ1) is 23.3. The van der Waals surface area contributed by atoms with Crippen LogP contribution in [0.5, 0.6) is 0 Å². The second kappa shape index (κ2) is 11.2. The summed E-state index contributed by atoms with van der Waals surface area (Å²) < 4.78 is 12.2. The number of thioether (sulfide) groups is 1. The van der Waals surface area contributed by atoms with Gasteiger partial charge in [-0.1, -0.05) is 18.2 Å². The average Bonchev–Trinajstić information content (AvgIpc) is 2.99. The molecule has 0 saturated carbocycles. The summed E-state index contributed by atoms with van der Waals surface area (Å²) in [5, 5.41) is 0.969. The van der Waals surface area contributed by atoms with Crippen molar-refractivity contribution >= 4 is 28.7 Å². The van der Waals surface area contributed by atoms with Gasteiger partial charge >= 0.3 is 5.97 Å². The Bertz CT molecular complexity index is 689. The third-order valence-corrected chi connectivity index (χ3v) is 6.14. The topological polar surface area (TPSA) is 39.4 Å². The molecule has 0 N–H and O–H groups in total. The number of halogens is 1. The van der Waals surface area contributed by atoms with E-state index in [2.05, 4.69) is 20.8 Å². The van der Waals surface area contributed by atoms with E-state index >= 15 is 0 Å². The van der Waals surface area contributed by atoms with Gasteiger partial charge in [-0.3, -0.25) is 0 Å². The van der Waals surface area contributed by atoms with Crippen LogP contribution in [0.3, 0.4) is 0 Å². The Morgan fingerprint density at radius 3 is 2.38 bits per heavy atom. The van der Waals surface area contributed by atoms with E-state index in [4.69, 9.17) is 9.15 Å². The van der Waals surface area contributed by atoms with Gasteiger partial charge < -0.3 is 37.6 Å². The summed E-state index contributed by atoms with van der Waals surface area (Å²) in [4.78, 5) is 12.2. The van der Waals surface area contributed by atoms with Crippen molar-refractivity contribution in [1.29, 1.82) is 0 Å². The Morgan fingerprint density at radius 2 is 1.77 bits per heavy atom. The number of carbonyl (C=O) groups excluding carboxylic acids is 1. The number of carbonyl (C=O) groups is 1. The second-order valence-electron chi connectivity index (χ2n) is 6.31. The predicted molar refractivity (Wildman–Crippen MR) is 105 cm³/mol. The van der Waals surface area contributed by atoms with E-state index in [9.17, 15) is 4.79 Å². The van der Waals surface area contributed by atoms with Gasteiger partial charge in [-0.15, -0.1) is 0 Å². The second-order valence-corrected chi connectivity index (χ2v) is 7.54. The monoisotopic (exact) mass is 491 g/mol. The highest BCUT2D eigenvalue weighted by molar-refractivity contribution is 7.99. The van der Waals surface area contributed by atoms with Crippen LogP contribution in [0.1, 0.15) is 36.9 Å². The van der Waals surface area contributed by atoms with Gasteiger partial charge in [-0.25, -0.2) is 4.79 Å². The maximum atomic E-state index is 12.2. The van der Waals surface area contributed by atoms with Crippen molar-refractivity contribution in [2.75, 3.05) is 44.3 Å². The van der Waals surface area contributed by atoms with E-state index in [1.54, 1.807) is 0 Å². The van der Waals surface area contributed by atoms with Gasteiger partial charge in [0.05, 0.1) is 26.2 Å². The lowest BCUT2D eigenvalue weighted by Gasteiger charge is -2.35. The number of hydrogen-bond donors (Lipinski definition) is 0. The van der Waals surface area contributed by atoms with E-state index in [0.717, 1.165) is 32.5 Å². The molecule has 0 unspecified atom stereocenters. The molecule has 0 amide bonds. The molecule has 1 aromatic carbocycles. The van der Waals surface area contributed by atoms with Crippen molar-refractivity contribution in [3.8, 4) is 0 Å². The molecule has 0 spiro atoms. The fraction of sp³-hybridized carbons (Fsp3) is 0.550. The zero-order chi connectivity index (χ0) is 18.3. The first-order valence-corrected chi connectivity index (χ1v) is 10.3. The van der Waals surface area contributed by atoms with Gasteiger partial charge in [0.25, 0.3) is 0 Å². The maximum absolute atomic E-state index is 12.2. The molecule has 1 heterocycles. The number of ether oxygens (including phenoxy) is 1. The van der Waals surface area contributed by atoms with Crippen molar-refractivity contribution < 1.29 is 42.4 Å². The van der Waals surface area contributed by atoms with Crippen molar-refractivity contribution in [3.63, 3.8) is 0 Å². The molecule has 0 aliphatic carbocycles. The van der Waals surface area contributed by atoms with Crippen LogP contribution in [-0.4, -0.2) is 54.7 Å². The summed E-state index contributed by atoms with van der Waals surface area (Å²) in [6.45, 7) is 13.8. The summed E-state index contributed by atoms with van der Waals surface area (Å²) >= 11 is 1.85. The van der Waals surface area contributed by atoms with E-state index < -0.39 is 0 Å². The first-order valence-electron chi connectivity index (χ1n) is 9.15. The molecule has 26 heavy (non-hydrogen) atoms. The summed E-state index contributed by atoms with van der Waals surface area (Å²) in [6.07, 6.45) is 0. The number of benzene rings is 1. The SMILES string of the molecule is CC[N+](CC)(CC)CCSCCOC(=O)c1oc2ccccc2c1C.[I-]. The highest BCUT2D eigenvalue weighted by atomic mass is 127. The van der Waals surface area contributed by atoms with Crippen LogP contribution in [0.25, 0.3) is 11.0 Å². The summed E-state index contributed by atoms with van der Waals surface area (Å²) in [5.74, 6) is 1.87. The van der Waals surface area contributed by atoms with Gasteiger partial charge in [0, 0.05) is 22.5 Å². The lowest BCUT2D eigenvalue weighted by Crippen LogP contribution is -3.00. The minimum Gasteiger partial charge on any atom is -1.00 e. The van der Waals surface area contributed by atoms with Gasteiger partial charge in [0.15, 0.2) is 0 Å². The molecule has 1 aromatic heterocycles. The number of para-hydroxylation sites is 1. The van der Waals surface area contributed by atoms with Crippen LogP contribution in [0, 0.1) is 6.92 Å². The minimum atomic E-state index is -0.366. The summed E-state index contributed by atoms with van der Waals surface area (Å²) in [5.41, 5.74) is 1.58. The molecule has 2 aromatic rings. The quantitative estimate of drug-likeness (QED) is 0.219. The molecular weight excluding hydrogens is 461 g/mol. The fourth-order valence-corrected chi connectivity index (χ4v) is 4.05. The van der Waals surface area contributed by atoms with Crippen molar-refractivity contribution in [2.45, 2.75) is 27.7 Å². The van der Waals surface area contributed by atoms with Crippen LogP contribution in [0.15, 0.2) is 28.7 Å². The number of quaternary nitrogens is 1. The molecular formula is C20H30INO3S. The molecule has 0 radical (unpaired) electrons. The molecule has 6 heteroatoms. The lowest BCUT2D eigenvalue weighted by atomic mass is 10.1.